The fourth-order valence-corrected chi connectivity index (χ4v) is 3.90. The molecule has 1 atom stereocenters. The number of halogens is 1. The average Bonchev–Trinajstić information content (AvgIpc) is 3.04. The smallest absolute Gasteiger partial charge is 0.326 e. The zero-order chi connectivity index (χ0) is 16.4. The maximum atomic E-state index is 12.6. The fourth-order valence-electron chi connectivity index (χ4n) is 2.71. The first-order valence-electron chi connectivity index (χ1n) is 7.32. The summed E-state index contributed by atoms with van der Waals surface area (Å²) in [6.07, 6.45) is 3.65. The van der Waals surface area contributed by atoms with Crippen LogP contribution >= 0.6 is 22.9 Å². The average molecular weight is 351 g/mol. The Morgan fingerprint density at radius 1 is 1.30 bits per heavy atom. The molecule has 1 aliphatic heterocycles. The molecule has 1 aliphatic rings. The van der Waals surface area contributed by atoms with Crippen LogP contribution in [0.5, 0.6) is 0 Å². The number of thiazole rings is 1. The molecule has 0 saturated carbocycles. The van der Waals surface area contributed by atoms with Gasteiger partial charge in [0, 0.05) is 12.1 Å². The zero-order valence-corrected chi connectivity index (χ0v) is 13.8. The van der Waals surface area contributed by atoms with Gasteiger partial charge in [0.25, 0.3) is 5.91 Å². The summed E-state index contributed by atoms with van der Waals surface area (Å²) in [6.45, 7) is 0.467. The van der Waals surface area contributed by atoms with Crippen LogP contribution in [-0.2, 0) is 4.79 Å². The summed E-state index contributed by atoms with van der Waals surface area (Å²) in [5, 5.41) is 10.5. The van der Waals surface area contributed by atoms with Crippen LogP contribution < -0.4 is 0 Å². The summed E-state index contributed by atoms with van der Waals surface area (Å²) in [6, 6.07) is 6.55. The summed E-state index contributed by atoms with van der Waals surface area (Å²) in [5.41, 5.74) is 0.770. The van der Waals surface area contributed by atoms with Crippen molar-refractivity contribution in [3.8, 4) is 10.6 Å². The lowest BCUT2D eigenvalue weighted by Gasteiger charge is -2.32. The highest BCUT2D eigenvalue weighted by molar-refractivity contribution is 7.17. The van der Waals surface area contributed by atoms with Crippen LogP contribution in [0.25, 0.3) is 10.6 Å². The highest BCUT2D eigenvalue weighted by Crippen LogP contribution is 2.32. The van der Waals surface area contributed by atoms with Gasteiger partial charge in [-0.3, -0.25) is 4.79 Å². The topological polar surface area (TPSA) is 70.5 Å². The number of hydrogen-bond donors (Lipinski definition) is 1. The minimum atomic E-state index is -0.950. The molecule has 2 heterocycles. The minimum absolute atomic E-state index is 0.270. The number of carbonyl (C=O) groups is 2. The number of nitrogens with zero attached hydrogens (tertiary/aromatic N) is 2. The monoisotopic (exact) mass is 350 g/mol. The molecule has 0 bridgehead atoms. The number of aliphatic carboxylic acids is 1. The first-order chi connectivity index (χ1) is 11.1. The van der Waals surface area contributed by atoms with Gasteiger partial charge in [0.1, 0.15) is 15.9 Å². The Labute approximate surface area is 142 Å². The summed E-state index contributed by atoms with van der Waals surface area (Å²) >= 11 is 7.39. The van der Waals surface area contributed by atoms with E-state index in [1.807, 2.05) is 18.2 Å². The van der Waals surface area contributed by atoms with E-state index in [1.165, 1.54) is 22.4 Å². The van der Waals surface area contributed by atoms with Crippen molar-refractivity contribution < 1.29 is 14.7 Å². The standard InChI is InChI=1S/C16H15ClN2O3S/c17-11-6-2-1-5-10(11)14-18-9-13(23-14)15(20)19-8-4-3-7-12(19)16(21)22/h1-2,5-6,9,12H,3-4,7-8H2,(H,21,22). The van der Waals surface area contributed by atoms with E-state index in [4.69, 9.17) is 11.6 Å². The van der Waals surface area contributed by atoms with Crippen molar-refractivity contribution in [2.24, 2.45) is 0 Å². The third-order valence-electron chi connectivity index (χ3n) is 3.87. The molecule has 5 nitrogen and oxygen atoms in total. The lowest BCUT2D eigenvalue weighted by Crippen LogP contribution is -2.47. The lowest BCUT2D eigenvalue weighted by atomic mass is 10.0. The van der Waals surface area contributed by atoms with Gasteiger partial charge in [-0.25, -0.2) is 9.78 Å². The van der Waals surface area contributed by atoms with Gasteiger partial charge < -0.3 is 10.0 Å². The molecule has 1 amide bonds. The van der Waals surface area contributed by atoms with Gasteiger partial charge in [0.05, 0.1) is 11.2 Å². The number of rotatable bonds is 3. The third kappa shape index (κ3) is 3.23. The largest absolute Gasteiger partial charge is 0.480 e. The number of hydrogen-bond acceptors (Lipinski definition) is 4. The predicted octanol–water partition coefficient (Wildman–Crippen LogP) is 3.54. The molecule has 23 heavy (non-hydrogen) atoms. The highest BCUT2D eigenvalue weighted by atomic mass is 35.5. The summed E-state index contributed by atoms with van der Waals surface area (Å²) in [7, 11) is 0. The number of benzene rings is 1. The first kappa shape index (κ1) is 16.0. The molecule has 2 aromatic rings. The maximum Gasteiger partial charge on any atom is 0.326 e. The molecule has 7 heteroatoms. The van der Waals surface area contributed by atoms with Crippen molar-refractivity contribution >= 4 is 34.8 Å². The number of carbonyl (C=O) groups excluding carboxylic acids is 1. The number of aromatic nitrogens is 1. The van der Waals surface area contributed by atoms with Crippen molar-refractivity contribution in [2.75, 3.05) is 6.54 Å². The molecule has 0 aliphatic carbocycles. The van der Waals surface area contributed by atoms with E-state index in [0.717, 1.165) is 18.4 Å². The third-order valence-corrected chi connectivity index (χ3v) is 5.22. The molecule has 3 rings (SSSR count). The van der Waals surface area contributed by atoms with Crippen LogP contribution in [-0.4, -0.2) is 39.5 Å². The van der Waals surface area contributed by atoms with Crippen molar-refractivity contribution in [1.82, 2.24) is 9.88 Å². The van der Waals surface area contributed by atoms with Gasteiger partial charge in [-0.15, -0.1) is 11.3 Å². The number of carboxylic acid groups (broad SMARTS) is 1. The minimum Gasteiger partial charge on any atom is -0.480 e. The zero-order valence-electron chi connectivity index (χ0n) is 12.2. The Morgan fingerprint density at radius 3 is 2.83 bits per heavy atom. The van der Waals surface area contributed by atoms with Crippen molar-refractivity contribution in [2.45, 2.75) is 25.3 Å². The van der Waals surface area contributed by atoms with E-state index in [0.29, 0.717) is 27.9 Å². The van der Waals surface area contributed by atoms with E-state index in [9.17, 15) is 14.7 Å². The second kappa shape index (κ2) is 6.68. The molecule has 1 aromatic heterocycles. The molecule has 0 radical (unpaired) electrons. The number of piperidine rings is 1. The van der Waals surface area contributed by atoms with Crippen LogP contribution in [0.1, 0.15) is 28.9 Å². The quantitative estimate of drug-likeness (QED) is 0.919. The number of likely N-dealkylation sites (tertiary alicyclic amines) is 1. The molecule has 120 valence electrons. The van der Waals surface area contributed by atoms with Crippen molar-refractivity contribution in [3.63, 3.8) is 0 Å². The second-order valence-corrected chi connectivity index (χ2v) is 6.80. The molecular weight excluding hydrogens is 336 g/mol. The van der Waals surface area contributed by atoms with E-state index >= 15 is 0 Å². The van der Waals surface area contributed by atoms with Crippen LogP contribution in [0.3, 0.4) is 0 Å². The second-order valence-electron chi connectivity index (χ2n) is 5.36. The normalized spacial score (nSPS) is 18.0. The Kier molecular flexibility index (Phi) is 4.63. The predicted molar refractivity (Wildman–Crippen MR) is 88.9 cm³/mol. The number of carboxylic acids is 1. The molecule has 1 fully saturated rings. The van der Waals surface area contributed by atoms with Gasteiger partial charge in [0.15, 0.2) is 0 Å². The molecule has 1 aromatic carbocycles. The number of amides is 1. The Hall–Kier alpha value is -1.92. The molecule has 1 N–H and O–H groups in total. The van der Waals surface area contributed by atoms with Crippen molar-refractivity contribution in [3.05, 3.63) is 40.4 Å². The van der Waals surface area contributed by atoms with Crippen LogP contribution in [0.15, 0.2) is 30.5 Å². The van der Waals surface area contributed by atoms with Gasteiger partial charge in [-0.2, -0.15) is 0 Å². The molecule has 1 unspecified atom stereocenters. The van der Waals surface area contributed by atoms with Gasteiger partial charge in [0.2, 0.25) is 0 Å². The molecule has 0 spiro atoms. The Bertz CT molecular complexity index is 746. The van der Waals surface area contributed by atoms with E-state index in [1.54, 1.807) is 6.07 Å². The highest BCUT2D eigenvalue weighted by Gasteiger charge is 2.33. The SMILES string of the molecule is O=C(O)C1CCCCN1C(=O)c1cnc(-c2ccccc2Cl)s1. The maximum absolute atomic E-state index is 12.6. The Morgan fingerprint density at radius 2 is 2.09 bits per heavy atom. The van der Waals surface area contributed by atoms with E-state index < -0.39 is 12.0 Å². The van der Waals surface area contributed by atoms with E-state index in [2.05, 4.69) is 4.98 Å². The van der Waals surface area contributed by atoms with Gasteiger partial charge in [-0.1, -0.05) is 29.8 Å². The Balaban J connectivity index is 1.86. The van der Waals surface area contributed by atoms with Crippen LogP contribution in [0.2, 0.25) is 5.02 Å². The van der Waals surface area contributed by atoms with Gasteiger partial charge in [-0.05, 0) is 25.3 Å². The van der Waals surface area contributed by atoms with Crippen LogP contribution in [0, 0.1) is 0 Å². The lowest BCUT2D eigenvalue weighted by molar-refractivity contribution is -0.143. The molecular formula is C16H15ClN2O3S. The summed E-state index contributed by atoms with van der Waals surface area (Å²) in [5.74, 6) is -1.22. The van der Waals surface area contributed by atoms with Crippen LogP contribution in [0.4, 0.5) is 0 Å². The van der Waals surface area contributed by atoms with Gasteiger partial charge >= 0.3 is 5.97 Å². The molecule has 1 saturated heterocycles. The summed E-state index contributed by atoms with van der Waals surface area (Å²) in [4.78, 5) is 30.1. The summed E-state index contributed by atoms with van der Waals surface area (Å²) < 4.78 is 0. The van der Waals surface area contributed by atoms with Crippen molar-refractivity contribution in [1.29, 1.82) is 0 Å². The first-order valence-corrected chi connectivity index (χ1v) is 8.52. The fraction of sp³-hybridized carbons (Fsp3) is 0.312. The van der Waals surface area contributed by atoms with E-state index in [-0.39, 0.29) is 5.91 Å².